The SMILES string of the molecule is CC(C)Oc1ccc(NC(=O)C2CCCN(S(=O)(=O)N(C)C)C2)cc1. The number of hydrogen-bond donors (Lipinski definition) is 1. The van der Waals surface area contributed by atoms with Gasteiger partial charge in [-0.15, -0.1) is 0 Å². The summed E-state index contributed by atoms with van der Waals surface area (Å²) in [6, 6.07) is 7.18. The van der Waals surface area contributed by atoms with Crippen LogP contribution in [-0.2, 0) is 15.0 Å². The molecule has 1 heterocycles. The van der Waals surface area contributed by atoms with E-state index >= 15 is 0 Å². The highest BCUT2D eigenvalue weighted by Crippen LogP contribution is 2.23. The molecule has 1 amide bonds. The van der Waals surface area contributed by atoms with Crippen molar-refractivity contribution in [3.05, 3.63) is 24.3 Å². The summed E-state index contributed by atoms with van der Waals surface area (Å²) in [5.41, 5.74) is 0.675. The predicted molar refractivity (Wildman–Crippen MR) is 97.7 cm³/mol. The van der Waals surface area contributed by atoms with E-state index < -0.39 is 10.2 Å². The Balaban J connectivity index is 1.98. The van der Waals surface area contributed by atoms with Crippen LogP contribution in [0.15, 0.2) is 24.3 Å². The van der Waals surface area contributed by atoms with Crippen LogP contribution in [0.3, 0.4) is 0 Å². The third kappa shape index (κ3) is 5.17. The van der Waals surface area contributed by atoms with Gasteiger partial charge in [-0.25, -0.2) is 0 Å². The molecule has 0 bridgehead atoms. The Morgan fingerprint density at radius 2 is 1.92 bits per heavy atom. The normalized spacial score (nSPS) is 19.2. The van der Waals surface area contributed by atoms with Gasteiger partial charge in [-0.05, 0) is 51.0 Å². The monoisotopic (exact) mass is 369 g/mol. The molecule has 2 rings (SSSR count). The second kappa shape index (κ2) is 8.16. The highest BCUT2D eigenvalue weighted by Gasteiger charge is 2.33. The first-order valence-corrected chi connectivity index (χ1v) is 9.85. The maximum Gasteiger partial charge on any atom is 0.281 e. The zero-order chi connectivity index (χ0) is 18.6. The van der Waals surface area contributed by atoms with Gasteiger partial charge in [0.2, 0.25) is 5.91 Å². The first-order chi connectivity index (χ1) is 11.7. The smallest absolute Gasteiger partial charge is 0.281 e. The number of rotatable bonds is 6. The average Bonchev–Trinajstić information content (AvgIpc) is 2.56. The fourth-order valence-electron chi connectivity index (χ4n) is 2.73. The molecule has 140 valence electrons. The summed E-state index contributed by atoms with van der Waals surface area (Å²) >= 11 is 0. The molecule has 0 radical (unpaired) electrons. The Kier molecular flexibility index (Phi) is 6.42. The van der Waals surface area contributed by atoms with Crippen molar-refractivity contribution in [2.75, 3.05) is 32.5 Å². The second-order valence-electron chi connectivity index (χ2n) is 6.67. The molecule has 1 aromatic rings. The van der Waals surface area contributed by atoms with E-state index in [4.69, 9.17) is 4.74 Å². The van der Waals surface area contributed by atoms with Gasteiger partial charge in [0.05, 0.1) is 12.0 Å². The standard InChI is InChI=1S/C17H27N3O4S/c1-13(2)24-16-9-7-15(8-10-16)18-17(21)14-6-5-11-20(12-14)25(22,23)19(3)4/h7-10,13-14H,5-6,11-12H2,1-4H3,(H,18,21). The number of amides is 1. The van der Waals surface area contributed by atoms with Gasteiger partial charge in [0.1, 0.15) is 5.75 Å². The van der Waals surface area contributed by atoms with E-state index in [1.165, 1.54) is 22.7 Å². The number of anilines is 1. The van der Waals surface area contributed by atoms with Crippen molar-refractivity contribution in [3.63, 3.8) is 0 Å². The maximum absolute atomic E-state index is 12.5. The number of nitrogens with zero attached hydrogens (tertiary/aromatic N) is 2. The number of carbonyl (C=O) groups excluding carboxylic acids is 1. The quantitative estimate of drug-likeness (QED) is 0.831. The number of benzene rings is 1. The molecular weight excluding hydrogens is 342 g/mol. The number of carbonyl (C=O) groups is 1. The Bertz CT molecular complexity index is 686. The van der Waals surface area contributed by atoms with Gasteiger partial charge in [0, 0.05) is 32.9 Å². The number of nitrogens with one attached hydrogen (secondary N) is 1. The van der Waals surface area contributed by atoms with E-state index in [1.807, 2.05) is 13.8 Å². The molecule has 1 N–H and O–H groups in total. The summed E-state index contributed by atoms with van der Waals surface area (Å²) in [5.74, 6) is 0.236. The van der Waals surface area contributed by atoms with Gasteiger partial charge in [-0.1, -0.05) is 0 Å². The fraction of sp³-hybridized carbons (Fsp3) is 0.588. The highest BCUT2D eigenvalue weighted by molar-refractivity contribution is 7.86. The van der Waals surface area contributed by atoms with Crippen LogP contribution >= 0.6 is 0 Å². The van der Waals surface area contributed by atoms with Crippen LogP contribution in [0, 0.1) is 5.92 Å². The van der Waals surface area contributed by atoms with E-state index in [-0.39, 0.29) is 24.5 Å². The van der Waals surface area contributed by atoms with Crippen molar-refractivity contribution < 1.29 is 17.9 Å². The van der Waals surface area contributed by atoms with Crippen LogP contribution in [0.1, 0.15) is 26.7 Å². The average molecular weight is 369 g/mol. The number of hydrogen-bond acceptors (Lipinski definition) is 4. The van der Waals surface area contributed by atoms with Crippen molar-refractivity contribution in [1.82, 2.24) is 8.61 Å². The molecule has 8 heteroatoms. The molecule has 1 aliphatic heterocycles. The lowest BCUT2D eigenvalue weighted by Crippen LogP contribution is -2.47. The van der Waals surface area contributed by atoms with Crippen molar-refractivity contribution in [2.45, 2.75) is 32.8 Å². The molecule has 0 spiro atoms. The Morgan fingerprint density at radius 3 is 2.48 bits per heavy atom. The predicted octanol–water partition coefficient (Wildman–Crippen LogP) is 1.93. The Hall–Kier alpha value is -1.64. The molecule has 1 fully saturated rings. The van der Waals surface area contributed by atoms with Gasteiger partial charge in [-0.2, -0.15) is 17.0 Å². The van der Waals surface area contributed by atoms with Crippen LogP contribution in [0.4, 0.5) is 5.69 Å². The molecule has 0 aromatic heterocycles. The lowest BCUT2D eigenvalue weighted by molar-refractivity contribution is -0.120. The largest absolute Gasteiger partial charge is 0.491 e. The third-order valence-electron chi connectivity index (χ3n) is 4.04. The van der Waals surface area contributed by atoms with E-state index in [0.29, 0.717) is 25.1 Å². The highest BCUT2D eigenvalue weighted by atomic mass is 32.2. The fourth-order valence-corrected chi connectivity index (χ4v) is 3.92. The maximum atomic E-state index is 12.5. The molecule has 7 nitrogen and oxygen atoms in total. The second-order valence-corrected chi connectivity index (χ2v) is 8.81. The Morgan fingerprint density at radius 1 is 1.28 bits per heavy atom. The number of piperidine rings is 1. The van der Waals surface area contributed by atoms with E-state index in [1.54, 1.807) is 24.3 Å². The van der Waals surface area contributed by atoms with Crippen LogP contribution in [0.5, 0.6) is 5.75 Å². The minimum atomic E-state index is -3.49. The first kappa shape index (κ1) is 19.7. The first-order valence-electron chi connectivity index (χ1n) is 8.45. The van der Waals surface area contributed by atoms with Crippen LogP contribution in [0.2, 0.25) is 0 Å². The summed E-state index contributed by atoms with van der Waals surface area (Å²) < 4.78 is 32.6. The van der Waals surface area contributed by atoms with Gasteiger partial charge < -0.3 is 10.1 Å². The molecule has 1 atom stereocenters. The lowest BCUT2D eigenvalue weighted by Gasteiger charge is -2.32. The summed E-state index contributed by atoms with van der Waals surface area (Å²) in [4.78, 5) is 12.5. The minimum absolute atomic E-state index is 0.0901. The van der Waals surface area contributed by atoms with E-state index in [0.717, 1.165) is 5.75 Å². The van der Waals surface area contributed by atoms with Gasteiger partial charge in [0.15, 0.2) is 0 Å². The van der Waals surface area contributed by atoms with Gasteiger partial charge in [0.25, 0.3) is 10.2 Å². The van der Waals surface area contributed by atoms with E-state index in [9.17, 15) is 13.2 Å². The number of ether oxygens (including phenoxy) is 1. The summed E-state index contributed by atoms with van der Waals surface area (Å²) in [5, 5.41) is 2.86. The third-order valence-corrected chi connectivity index (χ3v) is 5.94. The Labute approximate surface area is 150 Å². The molecular formula is C17H27N3O4S. The molecule has 1 aliphatic rings. The van der Waals surface area contributed by atoms with Crippen LogP contribution in [-0.4, -0.2) is 56.2 Å². The van der Waals surface area contributed by atoms with Crippen LogP contribution < -0.4 is 10.1 Å². The lowest BCUT2D eigenvalue weighted by atomic mass is 9.99. The molecule has 1 aromatic carbocycles. The molecule has 25 heavy (non-hydrogen) atoms. The zero-order valence-electron chi connectivity index (χ0n) is 15.2. The topological polar surface area (TPSA) is 79.0 Å². The van der Waals surface area contributed by atoms with Crippen molar-refractivity contribution in [1.29, 1.82) is 0 Å². The summed E-state index contributed by atoms with van der Waals surface area (Å²) in [7, 11) is -0.487. The van der Waals surface area contributed by atoms with E-state index in [2.05, 4.69) is 5.32 Å². The summed E-state index contributed by atoms with van der Waals surface area (Å²) in [6.07, 6.45) is 1.44. The molecule has 1 saturated heterocycles. The van der Waals surface area contributed by atoms with Crippen molar-refractivity contribution in [2.24, 2.45) is 5.92 Å². The zero-order valence-corrected chi connectivity index (χ0v) is 16.0. The van der Waals surface area contributed by atoms with Gasteiger partial charge in [-0.3, -0.25) is 4.79 Å². The van der Waals surface area contributed by atoms with Crippen molar-refractivity contribution in [3.8, 4) is 5.75 Å². The molecule has 1 unspecified atom stereocenters. The minimum Gasteiger partial charge on any atom is -0.491 e. The molecule has 0 aliphatic carbocycles. The summed E-state index contributed by atoms with van der Waals surface area (Å²) in [6.45, 7) is 4.56. The van der Waals surface area contributed by atoms with Crippen LogP contribution in [0.25, 0.3) is 0 Å². The molecule has 0 saturated carbocycles. The van der Waals surface area contributed by atoms with Gasteiger partial charge >= 0.3 is 0 Å². The van der Waals surface area contributed by atoms with Crippen molar-refractivity contribution >= 4 is 21.8 Å².